The molecule has 1 unspecified atom stereocenters. The Hall–Kier alpha value is -1.13. The van der Waals surface area contributed by atoms with Crippen LogP contribution in [0.5, 0.6) is 5.75 Å². The molecule has 1 aromatic carbocycles. The van der Waals surface area contributed by atoms with E-state index in [9.17, 15) is 9.50 Å². The lowest BCUT2D eigenvalue weighted by Crippen LogP contribution is -2.44. The second-order valence-electron chi connectivity index (χ2n) is 6.72. The van der Waals surface area contributed by atoms with Gasteiger partial charge >= 0.3 is 0 Å². The Balaban J connectivity index is 2.33. The second kappa shape index (κ2) is 5.93. The van der Waals surface area contributed by atoms with Crippen molar-refractivity contribution in [2.45, 2.75) is 51.2 Å². The second-order valence-corrected chi connectivity index (χ2v) is 6.72. The van der Waals surface area contributed by atoms with E-state index in [1.54, 1.807) is 13.2 Å². The number of aliphatic hydroxyl groups excluding tert-OH is 1. The fourth-order valence-corrected chi connectivity index (χ4v) is 3.14. The van der Waals surface area contributed by atoms with Gasteiger partial charge in [0.15, 0.2) is 0 Å². The molecule has 118 valence electrons. The van der Waals surface area contributed by atoms with Crippen molar-refractivity contribution in [2.24, 2.45) is 5.41 Å². The molecule has 1 aliphatic rings. The Morgan fingerprint density at radius 2 is 1.76 bits per heavy atom. The van der Waals surface area contributed by atoms with Gasteiger partial charge in [-0.15, -0.1) is 0 Å². The Morgan fingerprint density at radius 1 is 1.14 bits per heavy atom. The molecule has 1 aliphatic carbocycles. The maximum atomic E-state index is 13.6. The minimum Gasteiger partial charge on any atom is -0.496 e. The molecule has 3 nitrogen and oxygen atoms in total. The van der Waals surface area contributed by atoms with Gasteiger partial charge in [0.05, 0.1) is 12.7 Å². The number of hydrogen-bond acceptors (Lipinski definition) is 3. The van der Waals surface area contributed by atoms with E-state index >= 15 is 0 Å². The van der Waals surface area contributed by atoms with Crippen molar-refractivity contribution in [3.63, 3.8) is 0 Å². The lowest BCUT2D eigenvalue weighted by Gasteiger charge is -2.45. The van der Waals surface area contributed by atoms with E-state index in [0.29, 0.717) is 11.3 Å². The highest BCUT2D eigenvalue weighted by molar-refractivity contribution is 5.37. The lowest BCUT2D eigenvalue weighted by molar-refractivity contribution is -0.138. The summed E-state index contributed by atoms with van der Waals surface area (Å²) >= 11 is 0. The molecule has 4 heteroatoms. The summed E-state index contributed by atoms with van der Waals surface area (Å²) in [5, 5.41) is 10.8. The normalized spacial score (nSPS) is 21.8. The van der Waals surface area contributed by atoms with Gasteiger partial charge in [0.2, 0.25) is 0 Å². The van der Waals surface area contributed by atoms with Gasteiger partial charge in [-0.05, 0) is 49.3 Å². The predicted molar refractivity (Wildman–Crippen MR) is 79.9 cm³/mol. The summed E-state index contributed by atoms with van der Waals surface area (Å²) < 4.78 is 24.5. The van der Waals surface area contributed by atoms with Crippen molar-refractivity contribution in [3.8, 4) is 5.75 Å². The predicted octanol–water partition coefficient (Wildman–Crippen LogP) is 3.85. The molecule has 0 aromatic heterocycles. The van der Waals surface area contributed by atoms with E-state index in [1.807, 2.05) is 0 Å². The van der Waals surface area contributed by atoms with Crippen LogP contribution in [0.3, 0.4) is 0 Å². The molecular formula is C17H25FO3. The van der Waals surface area contributed by atoms with Crippen molar-refractivity contribution in [3.05, 3.63) is 29.6 Å². The van der Waals surface area contributed by atoms with Crippen LogP contribution in [0.25, 0.3) is 0 Å². The molecule has 0 radical (unpaired) electrons. The van der Waals surface area contributed by atoms with Gasteiger partial charge in [-0.3, -0.25) is 0 Å². The highest BCUT2D eigenvalue weighted by atomic mass is 19.1. The molecule has 0 heterocycles. The SMILES string of the molecule is COc1ccc(F)cc1C(O)C1(OC)CCC(C)(C)CC1. The molecule has 0 aliphatic heterocycles. The lowest BCUT2D eigenvalue weighted by atomic mass is 9.68. The Morgan fingerprint density at radius 3 is 2.29 bits per heavy atom. The Kier molecular flexibility index (Phi) is 4.59. The molecule has 1 atom stereocenters. The topological polar surface area (TPSA) is 38.7 Å². The monoisotopic (exact) mass is 296 g/mol. The third-order valence-corrected chi connectivity index (χ3v) is 4.84. The van der Waals surface area contributed by atoms with Crippen LogP contribution in [0.2, 0.25) is 0 Å². The van der Waals surface area contributed by atoms with E-state index in [2.05, 4.69) is 13.8 Å². The summed E-state index contributed by atoms with van der Waals surface area (Å²) in [6.07, 6.45) is 2.53. The Bertz CT molecular complexity index is 489. The third-order valence-electron chi connectivity index (χ3n) is 4.84. The van der Waals surface area contributed by atoms with E-state index in [0.717, 1.165) is 25.7 Å². The maximum Gasteiger partial charge on any atom is 0.124 e. The van der Waals surface area contributed by atoms with Crippen molar-refractivity contribution < 1.29 is 19.0 Å². The van der Waals surface area contributed by atoms with E-state index in [4.69, 9.17) is 9.47 Å². The van der Waals surface area contributed by atoms with Crippen LogP contribution in [0, 0.1) is 11.2 Å². The molecule has 1 N–H and O–H groups in total. The summed E-state index contributed by atoms with van der Waals surface area (Å²) in [7, 11) is 3.14. The van der Waals surface area contributed by atoms with Crippen molar-refractivity contribution >= 4 is 0 Å². The maximum absolute atomic E-state index is 13.6. The molecule has 1 saturated carbocycles. The van der Waals surface area contributed by atoms with Crippen LogP contribution >= 0.6 is 0 Å². The fraction of sp³-hybridized carbons (Fsp3) is 0.647. The summed E-state index contributed by atoms with van der Waals surface area (Å²) in [4.78, 5) is 0. The first kappa shape index (κ1) is 16.2. The minimum atomic E-state index is -0.899. The number of aliphatic hydroxyl groups is 1. The van der Waals surface area contributed by atoms with Crippen LogP contribution < -0.4 is 4.74 Å². The first-order chi connectivity index (χ1) is 9.83. The van der Waals surface area contributed by atoms with Gasteiger partial charge in [0, 0.05) is 12.7 Å². The highest BCUT2D eigenvalue weighted by Gasteiger charge is 2.45. The number of halogens is 1. The molecule has 21 heavy (non-hydrogen) atoms. The van der Waals surface area contributed by atoms with Crippen LogP contribution in [0.1, 0.15) is 51.2 Å². The summed E-state index contributed by atoms with van der Waals surface area (Å²) in [6.45, 7) is 4.45. The average molecular weight is 296 g/mol. The minimum absolute atomic E-state index is 0.258. The average Bonchev–Trinajstić information content (AvgIpc) is 2.47. The molecule has 0 bridgehead atoms. The van der Waals surface area contributed by atoms with Gasteiger partial charge in [-0.2, -0.15) is 0 Å². The molecule has 1 aromatic rings. The number of ether oxygens (including phenoxy) is 2. The van der Waals surface area contributed by atoms with E-state index in [1.165, 1.54) is 19.2 Å². The summed E-state index contributed by atoms with van der Waals surface area (Å²) in [5.41, 5.74) is 0.0451. The quantitative estimate of drug-likeness (QED) is 0.917. The van der Waals surface area contributed by atoms with E-state index < -0.39 is 11.7 Å². The van der Waals surface area contributed by atoms with Crippen molar-refractivity contribution in [1.29, 1.82) is 0 Å². The molecule has 0 spiro atoms. The molecule has 0 saturated heterocycles. The summed E-state index contributed by atoms with van der Waals surface area (Å²) in [5.74, 6) is 0.109. The largest absolute Gasteiger partial charge is 0.496 e. The number of hydrogen-bond donors (Lipinski definition) is 1. The van der Waals surface area contributed by atoms with Crippen molar-refractivity contribution in [1.82, 2.24) is 0 Å². The number of rotatable bonds is 4. The highest BCUT2D eigenvalue weighted by Crippen LogP contribution is 2.48. The third kappa shape index (κ3) is 3.22. The van der Waals surface area contributed by atoms with Gasteiger partial charge in [-0.1, -0.05) is 13.8 Å². The molecule has 2 rings (SSSR count). The standard InChI is InChI=1S/C17H25FO3/c1-16(2)7-9-17(21-4,10-8-16)15(19)13-11-12(18)5-6-14(13)20-3/h5-6,11,15,19H,7-10H2,1-4H3. The van der Waals surface area contributed by atoms with Gasteiger partial charge in [-0.25, -0.2) is 4.39 Å². The zero-order valence-corrected chi connectivity index (χ0v) is 13.3. The van der Waals surface area contributed by atoms with Gasteiger partial charge < -0.3 is 14.6 Å². The zero-order chi connectivity index (χ0) is 15.7. The van der Waals surface area contributed by atoms with Gasteiger partial charge in [0.25, 0.3) is 0 Å². The zero-order valence-electron chi connectivity index (χ0n) is 13.3. The van der Waals surface area contributed by atoms with Gasteiger partial charge in [0.1, 0.15) is 17.7 Å². The summed E-state index contributed by atoms with van der Waals surface area (Å²) in [6, 6.07) is 4.21. The van der Waals surface area contributed by atoms with Crippen LogP contribution in [-0.4, -0.2) is 24.9 Å². The number of benzene rings is 1. The first-order valence-electron chi connectivity index (χ1n) is 7.40. The fourth-order valence-electron chi connectivity index (χ4n) is 3.14. The molecular weight excluding hydrogens is 271 g/mol. The van der Waals surface area contributed by atoms with E-state index in [-0.39, 0.29) is 11.2 Å². The Labute approximate surface area is 126 Å². The smallest absolute Gasteiger partial charge is 0.124 e. The van der Waals surface area contributed by atoms with Crippen LogP contribution in [0.4, 0.5) is 4.39 Å². The van der Waals surface area contributed by atoms with Crippen LogP contribution in [0.15, 0.2) is 18.2 Å². The van der Waals surface area contributed by atoms with Crippen LogP contribution in [-0.2, 0) is 4.74 Å². The molecule has 0 amide bonds. The van der Waals surface area contributed by atoms with Crippen molar-refractivity contribution in [2.75, 3.05) is 14.2 Å². The molecule has 1 fully saturated rings. The number of methoxy groups -OCH3 is 2. The first-order valence-corrected chi connectivity index (χ1v) is 7.40.